The van der Waals surface area contributed by atoms with Crippen LogP contribution in [-0.4, -0.2) is 40.5 Å². The third-order valence-corrected chi connectivity index (χ3v) is 3.42. The van der Waals surface area contributed by atoms with E-state index >= 15 is 0 Å². The maximum atomic E-state index is 12.4. The second kappa shape index (κ2) is 5.88. The molecule has 1 saturated heterocycles. The van der Waals surface area contributed by atoms with Gasteiger partial charge in [0.1, 0.15) is 11.7 Å². The van der Waals surface area contributed by atoms with Crippen molar-refractivity contribution in [3.05, 3.63) is 64.3 Å². The molecule has 1 aliphatic heterocycles. The molecular formula is C15H15N3O3. The van der Waals surface area contributed by atoms with E-state index in [1.54, 1.807) is 17.2 Å². The quantitative estimate of drug-likeness (QED) is 0.892. The van der Waals surface area contributed by atoms with Crippen LogP contribution in [0.3, 0.4) is 0 Å². The highest BCUT2D eigenvalue weighted by Gasteiger charge is 2.27. The predicted octanol–water partition coefficient (Wildman–Crippen LogP) is 0.984. The number of rotatable bonds is 2. The number of carbonyl (C=O) groups excluding carboxylic acids is 1. The Labute approximate surface area is 121 Å². The topological polar surface area (TPSA) is 75.3 Å². The Balaban J connectivity index is 1.79. The highest BCUT2D eigenvalue weighted by molar-refractivity contribution is 5.93. The highest BCUT2D eigenvalue weighted by atomic mass is 16.5. The van der Waals surface area contributed by atoms with Gasteiger partial charge in [-0.3, -0.25) is 14.6 Å². The Morgan fingerprint density at radius 2 is 2.24 bits per heavy atom. The van der Waals surface area contributed by atoms with Gasteiger partial charge in [0.25, 0.3) is 11.5 Å². The second-order valence-corrected chi connectivity index (χ2v) is 4.78. The summed E-state index contributed by atoms with van der Waals surface area (Å²) in [5.41, 5.74) is 0.569. The second-order valence-electron chi connectivity index (χ2n) is 4.78. The molecule has 6 nitrogen and oxygen atoms in total. The van der Waals surface area contributed by atoms with Crippen LogP contribution in [0, 0.1) is 0 Å². The zero-order valence-electron chi connectivity index (χ0n) is 11.4. The Morgan fingerprint density at radius 1 is 1.33 bits per heavy atom. The molecule has 2 aromatic heterocycles. The van der Waals surface area contributed by atoms with Gasteiger partial charge < -0.3 is 14.6 Å². The first kappa shape index (κ1) is 13.5. The number of H-pyrrole nitrogens is 1. The lowest BCUT2D eigenvalue weighted by Crippen LogP contribution is -2.44. The molecule has 6 heteroatoms. The first-order valence-electron chi connectivity index (χ1n) is 6.75. The number of nitrogens with one attached hydrogen (secondary N) is 1. The standard InChI is InChI=1S/C15H15N3O3/c19-14-11(4-3-7-17-14)15(20)18-8-9-21-13(10-18)12-5-1-2-6-16-12/h1-7,13H,8-10H2,(H,17,19). The molecule has 0 aliphatic carbocycles. The summed E-state index contributed by atoms with van der Waals surface area (Å²) in [6, 6.07) is 8.76. The van der Waals surface area contributed by atoms with Crippen molar-refractivity contribution >= 4 is 5.91 Å². The predicted molar refractivity (Wildman–Crippen MR) is 75.9 cm³/mol. The van der Waals surface area contributed by atoms with Crippen LogP contribution >= 0.6 is 0 Å². The molecular weight excluding hydrogens is 270 g/mol. The highest BCUT2D eigenvalue weighted by Crippen LogP contribution is 2.20. The number of aromatic amines is 1. The lowest BCUT2D eigenvalue weighted by Gasteiger charge is -2.32. The summed E-state index contributed by atoms with van der Waals surface area (Å²) in [5, 5.41) is 0. The van der Waals surface area contributed by atoms with E-state index in [4.69, 9.17) is 4.74 Å². The number of nitrogens with zero attached hydrogens (tertiary/aromatic N) is 2. The van der Waals surface area contributed by atoms with Crippen molar-refractivity contribution in [2.24, 2.45) is 0 Å². The number of hydrogen-bond donors (Lipinski definition) is 1. The first-order valence-corrected chi connectivity index (χ1v) is 6.75. The fraction of sp³-hybridized carbons (Fsp3) is 0.267. The largest absolute Gasteiger partial charge is 0.368 e. The van der Waals surface area contributed by atoms with Crippen molar-refractivity contribution in [1.82, 2.24) is 14.9 Å². The Hall–Kier alpha value is -2.47. The fourth-order valence-corrected chi connectivity index (χ4v) is 2.34. The van der Waals surface area contributed by atoms with E-state index in [2.05, 4.69) is 9.97 Å². The van der Waals surface area contributed by atoms with Gasteiger partial charge in [-0.05, 0) is 24.3 Å². The van der Waals surface area contributed by atoms with Crippen molar-refractivity contribution < 1.29 is 9.53 Å². The molecule has 3 rings (SSSR count). The van der Waals surface area contributed by atoms with Crippen molar-refractivity contribution in [2.75, 3.05) is 19.7 Å². The summed E-state index contributed by atoms with van der Waals surface area (Å²) >= 11 is 0. The molecule has 1 aliphatic rings. The molecule has 1 amide bonds. The van der Waals surface area contributed by atoms with E-state index in [0.29, 0.717) is 19.7 Å². The van der Waals surface area contributed by atoms with E-state index < -0.39 is 0 Å². The van der Waals surface area contributed by atoms with E-state index in [0.717, 1.165) is 5.69 Å². The van der Waals surface area contributed by atoms with Crippen LogP contribution in [0.25, 0.3) is 0 Å². The summed E-state index contributed by atoms with van der Waals surface area (Å²) < 4.78 is 5.67. The van der Waals surface area contributed by atoms with Crippen LogP contribution in [0.5, 0.6) is 0 Å². The molecule has 0 saturated carbocycles. The molecule has 21 heavy (non-hydrogen) atoms. The smallest absolute Gasteiger partial charge is 0.260 e. The Bertz CT molecular complexity index is 684. The van der Waals surface area contributed by atoms with E-state index in [1.165, 1.54) is 12.3 Å². The average molecular weight is 285 g/mol. The van der Waals surface area contributed by atoms with Gasteiger partial charge in [0.05, 0.1) is 18.8 Å². The maximum absolute atomic E-state index is 12.4. The van der Waals surface area contributed by atoms with Gasteiger partial charge in [0, 0.05) is 18.9 Å². The minimum Gasteiger partial charge on any atom is -0.368 e. The van der Waals surface area contributed by atoms with Crippen LogP contribution in [0.15, 0.2) is 47.5 Å². The number of hydrogen-bond acceptors (Lipinski definition) is 4. The number of pyridine rings is 2. The third-order valence-electron chi connectivity index (χ3n) is 3.42. The average Bonchev–Trinajstić information content (AvgIpc) is 2.56. The molecule has 0 aromatic carbocycles. The first-order chi connectivity index (χ1) is 10.3. The van der Waals surface area contributed by atoms with Gasteiger partial charge in [0.2, 0.25) is 0 Å². The molecule has 108 valence electrons. The molecule has 0 radical (unpaired) electrons. The molecule has 1 unspecified atom stereocenters. The van der Waals surface area contributed by atoms with Gasteiger partial charge in [-0.2, -0.15) is 0 Å². The fourth-order valence-electron chi connectivity index (χ4n) is 2.34. The molecule has 0 spiro atoms. The summed E-state index contributed by atoms with van der Waals surface area (Å²) in [7, 11) is 0. The van der Waals surface area contributed by atoms with Crippen LogP contribution in [0.1, 0.15) is 22.2 Å². The molecule has 0 bridgehead atoms. The van der Waals surface area contributed by atoms with Gasteiger partial charge in [-0.1, -0.05) is 6.07 Å². The van der Waals surface area contributed by atoms with Crippen molar-refractivity contribution in [2.45, 2.75) is 6.10 Å². The van der Waals surface area contributed by atoms with Gasteiger partial charge in [0.15, 0.2) is 0 Å². The normalized spacial score (nSPS) is 18.5. The summed E-state index contributed by atoms with van der Waals surface area (Å²) in [6.45, 7) is 1.29. The monoisotopic (exact) mass is 285 g/mol. The van der Waals surface area contributed by atoms with E-state index in [-0.39, 0.29) is 23.1 Å². The lowest BCUT2D eigenvalue weighted by atomic mass is 10.1. The molecule has 1 atom stereocenters. The zero-order valence-corrected chi connectivity index (χ0v) is 11.4. The van der Waals surface area contributed by atoms with Gasteiger partial charge >= 0.3 is 0 Å². The number of amides is 1. The van der Waals surface area contributed by atoms with Gasteiger partial charge in [-0.25, -0.2) is 0 Å². The maximum Gasteiger partial charge on any atom is 0.260 e. The SMILES string of the molecule is O=C(c1ccc[nH]c1=O)N1CCOC(c2ccccn2)C1. The van der Waals surface area contributed by atoms with Crippen molar-refractivity contribution in [3.8, 4) is 0 Å². The van der Waals surface area contributed by atoms with Gasteiger partial charge in [-0.15, -0.1) is 0 Å². The van der Waals surface area contributed by atoms with Crippen molar-refractivity contribution in [3.63, 3.8) is 0 Å². The summed E-state index contributed by atoms with van der Waals surface area (Å²) in [6.07, 6.45) is 2.95. The van der Waals surface area contributed by atoms with Crippen LogP contribution in [0.4, 0.5) is 0 Å². The van der Waals surface area contributed by atoms with Crippen LogP contribution in [-0.2, 0) is 4.74 Å². The number of aromatic nitrogens is 2. The van der Waals surface area contributed by atoms with Crippen LogP contribution < -0.4 is 5.56 Å². The number of ether oxygens (including phenoxy) is 1. The third kappa shape index (κ3) is 2.85. The number of morpholine rings is 1. The lowest BCUT2D eigenvalue weighted by molar-refractivity contribution is -0.0247. The Morgan fingerprint density at radius 3 is 3.00 bits per heavy atom. The molecule has 2 aromatic rings. The van der Waals surface area contributed by atoms with E-state index in [1.807, 2.05) is 18.2 Å². The van der Waals surface area contributed by atoms with Crippen molar-refractivity contribution in [1.29, 1.82) is 0 Å². The zero-order chi connectivity index (χ0) is 14.7. The Kier molecular flexibility index (Phi) is 3.79. The minimum atomic E-state index is -0.372. The van der Waals surface area contributed by atoms with E-state index in [9.17, 15) is 9.59 Å². The summed E-state index contributed by atoms with van der Waals surface area (Å²) in [5.74, 6) is -0.277. The number of carbonyl (C=O) groups is 1. The summed E-state index contributed by atoms with van der Waals surface area (Å²) in [4.78, 5) is 32.5. The molecule has 1 fully saturated rings. The molecule has 1 N–H and O–H groups in total. The molecule has 3 heterocycles. The minimum absolute atomic E-state index is 0.152. The van der Waals surface area contributed by atoms with Crippen LogP contribution in [0.2, 0.25) is 0 Å².